The molecule has 1 aromatic carbocycles. The van der Waals surface area contributed by atoms with Crippen molar-refractivity contribution in [3.63, 3.8) is 0 Å². The number of benzene rings is 1. The molecule has 0 fully saturated rings. The number of carboxylic acid groups (broad SMARTS) is 1. The van der Waals surface area contributed by atoms with Crippen molar-refractivity contribution in [1.82, 2.24) is 15.1 Å². The number of aliphatic hydroxyl groups excluding tert-OH is 3. The summed E-state index contributed by atoms with van der Waals surface area (Å²) in [6.45, 7) is 3.62. The fourth-order valence-electron chi connectivity index (χ4n) is 3.70. The number of nitrogens with zero attached hydrogens (tertiary/aromatic N) is 3. The van der Waals surface area contributed by atoms with Gasteiger partial charge in [0.05, 0.1) is 29.2 Å². The van der Waals surface area contributed by atoms with Gasteiger partial charge in [0, 0.05) is 9.86 Å². The third-order valence-corrected chi connectivity index (χ3v) is 6.52. The van der Waals surface area contributed by atoms with E-state index in [1.807, 2.05) is 13.8 Å². The molecule has 3 rings (SSSR count). The molecule has 1 aliphatic rings. The predicted molar refractivity (Wildman–Crippen MR) is 123 cm³/mol. The van der Waals surface area contributed by atoms with E-state index in [0.29, 0.717) is 26.9 Å². The molecule has 10 nitrogen and oxygen atoms in total. The molecule has 0 aliphatic carbocycles. The number of nitriles is 1. The summed E-state index contributed by atoms with van der Waals surface area (Å²) in [5, 5.41) is 58.2. The number of hydrogen-bond donors (Lipinski definition) is 5. The normalized spacial score (nSPS) is 22.5. The second kappa shape index (κ2) is 10.4. The zero-order valence-electron chi connectivity index (χ0n) is 17.8. The van der Waals surface area contributed by atoms with Gasteiger partial charge in [0.2, 0.25) is 5.76 Å². The Hall–Kier alpha value is -2.20. The number of ether oxygens (including phenoxy) is 1. The number of aliphatic carboxylic acids is 1. The predicted octanol–water partition coefficient (Wildman–Crippen LogP) is 1.56. The first-order valence-electron chi connectivity index (χ1n) is 10.2. The van der Waals surface area contributed by atoms with Gasteiger partial charge >= 0.3 is 5.97 Å². The summed E-state index contributed by atoms with van der Waals surface area (Å²) in [7, 11) is 0. The molecule has 2 heterocycles. The Bertz CT molecular complexity index is 1110. The van der Waals surface area contributed by atoms with Crippen LogP contribution in [0.3, 0.4) is 0 Å². The van der Waals surface area contributed by atoms with Gasteiger partial charge in [-0.1, -0.05) is 25.4 Å². The Balaban J connectivity index is 2.21. The van der Waals surface area contributed by atoms with Crippen molar-refractivity contribution >= 4 is 44.4 Å². The molecule has 1 aliphatic heterocycles. The molecule has 12 heteroatoms. The quantitative estimate of drug-likeness (QED) is 0.333. The van der Waals surface area contributed by atoms with Crippen LogP contribution < -0.4 is 5.32 Å². The standard InChI is InChI=1S/C21H24BrClN4O6/c1-9(2)7-25-18-14(5-17(21(31)32)33-20(18)19(30)16(29)8-28)27-15(6-24)10-3-11(22)12(23)4-13(10)26-27/h3-5,9,14,16,18-20,25,28-30H,7-8H2,1-2H3,(H,31,32)/t14-,16+,18+,19+,20+/m0/s1. The molecule has 0 radical (unpaired) electrons. The topological polar surface area (TPSA) is 161 Å². The number of aromatic nitrogens is 2. The van der Waals surface area contributed by atoms with E-state index in [0.717, 1.165) is 0 Å². The number of rotatable bonds is 8. The van der Waals surface area contributed by atoms with Crippen LogP contribution in [0.2, 0.25) is 5.02 Å². The van der Waals surface area contributed by atoms with Crippen molar-refractivity contribution in [2.75, 3.05) is 13.2 Å². The molecule has 0 spiro atoms. The summed E-state index contributed by atoms with van der Waals surface area (Å²) < 4.78 is 7.47. The van der Waals surface area contributed by atoms with E-state index in [-0.39, 0.29) is 11.6 Å². The van der Waals surface area contributed by atoms with E-state index in [1.54, 1.807) is 12.1 Å². The Morgan fingerprint density at radius 1 is 1.42 bits per heavy atom. The lowest BCUT2D eigenvalue weighted by atomic mass is 9.91. The van der Waals surface area contributed by atoms with E-state index in [4.69, 9.17) is 16.3 Å². The third kappa shape index (κ3) is 5.16. The molecular formula is C21H24BrClN4O6. The maximum atomic E-state index is 11.8. The van der Waals surface area contributed by atoms with Crippen LogP contribution in [0.1, 0.15) is 25.6 Å². The minimum Gasteiger partial charge on any atom is -0.479 e. The molecule has 5 N–H and O–H groups in total. The van der Waals surface area contributed by atoms with E-state index in [1.165, 1.54) is 10.8 Å². The number of nitrogens with one attached hydrogen (secondary N) is 1. The lowest BCUT2D eigenvalue weighted by molar-refractivity contribution is -0.146. The average Bonchev–Trinajstić information content (AvgIpc) is 3.13. The Labute approximate surface area is 203 Å². The van der Waals surface area contributed by atoms with Crippen molar-refractivity contribution in [2.45, 2.75) is 44.2 Å². The third-order valence-electron chi connectivity index (χ3n) is 5.32. The smallest absolute Gasteiger partial charge is 0.370 e. The van der Waals surface area contributed by atoms with Crippen molar-refractivity contribution in [1.29, 1.82) is 5.26 Å². The number of hydrogen-bond acceptors (Lipinski definition) is 8. The highest BCUT2D eigenvalue weighted by atomic mass is 79.9. The first-order chi connectivity index (χ1) is 15.6. The Morgan fingerprint density at radius 3 is 2.70 bits per heavy atom. The minimum atomic E-state index is -1.62. The van der Waals surface area contributed by atoms with Crippen LogP contribution in [-0.2, 0) is 9.53 Å². The van der Waals surface area contributed by atoms with Crippen LogP contribution in [0.15, 0.2) is 28.4 Å². The molecule has 0 saturated carbocycles. The van der Waals surface area contributed by atoms with E-state index in [2.05, 4.69) is 32.4 Å². The molecule has 0 saturated heterocycles. The maximum absolute atomic E-state index is 11.8. The van der Waals surface area contributed by atoms with E-state index < -0.39 is 48.7 Å². The molecular weight excluding hydrogens is 520 g/mol. The molecule has 0 unspecified atom stereocenters. The van der Waals surface area contributed by atoms with Crippen LogP contribution >= 0.6 is 27.5 Å². The van der Waals surface area contributed by atoms with E-state index in [9.17, 15) is 30.5 Å². The highest BCUT2D eigenvalue weighted by Gasteiger charge is 2.44. The number of aliphatic hydroxyl groups is 3. The summed E-state index contributed by atoms with van der Waals surface area (Å²) in [6.07, 6.45) is -3.15. The number of carbonyl (C=O) groups is 1. The first kappa shape index (κ1) is 25.4. The zero-order chi connectivity index (χ0) is 24.4. The molecule has 0 amide bonds. The molecule has 178 valence electrons. The van der Waals surface area contributed by atoms with Gasteiger partial charge in [-0.2, -0.15) is 10.4 Å². The van der Waals surface area contributed by atoms with Crippen molar-refractivity contribution in [3.8, 4) is 6.07 Å². The van der Waals surface area contributed by atoms with Gasteiger partial charge in [-0.25, -0.2) is 9.48 Å². The number of halogens is 2. The van der Waals surface area contributed by atoms with Crippen molar-refractivity contribution < 1.29 is 30.0 Å². The van der Waals surface area contributed by atoms with Gasteiger partial charge in [-0.05, 0) is 46.6 Å². The molecule has 33 heavy (non-hydrogen) atoms. The average molecular weight is 544 g/mol. The number of fused-ring (bicyclic) bond motifs is 1. The van der Waals surface area contributed by atoms with Gasteiger partial charge in [-0.15, -0.1) is 0 Å². The second-order valence-electron chi connectivity index (χ2n) is 8.17. The fraction of sp³-hybridized carbons (Fsp3) is 0.476. The van der Waals surface area contributed by atoms with E-state index >= 15 is 0 Å². The Morgan fingerprint density at radius 2 is 2.12 bits per heavy atom. The minimum absolute atomic E-state index is 0.155. The van der Waals surface area contributed by atoms with Crippen LogP contribution in [-0.4, -0.2) is 73.7 Å². The summed E-state index contributed by atoms with van der Waals surface area (Å²) >= 11 is 9.52. The summed E-state index contributed by atoms with van der Waals surface area (Å²) in [5.74, 6) is -1.68. The molecule has 5 atom stereocenters. The Kier molecular flexibility index (Phi) is 8.00. The van der Waals surface area contributed by atoms with Gasteiger partial charge in [0.1, 0.15) is 30.1 Å². The summed E-state index contributed by atoms with van der Waals surface area (Å²) in [4.78, 5) is 11.8. The van der Waals surface area contributed by atoms with Gasteiger partial charge in [0.25, 0.3) is 0 Å². The van der Waals surface area contributed by atoms with Gasteiger partial charge in [0.15, 0.2) is 0 Å². The van der Waals surface area contributed by atoms with Crippen LogP contribution in [0, 0.1) is 17.2 Å². The SMILES string of the molecule is CC(C)CN[C@H]1[C@H]([C@H](O)[C@H](O)CO)OC(C(=O)O)=C[C@@H]1n1nc2cc(Cl)c(Br)cc2c1C#N. The fourth-order valence-corrected chi connectivity index (χ4v) is 4.20. The summed E-state index contributed by atoms with van der Waals surface area (Å²) in [5.41, 5.74) is 0.578. The lowest BCUT2D eigenvalue weighted by Gasteiger charge is -2.40. The van der Waals surface area contributed by atoms with Crippen LogP contribution in [0.5, 0.6) is 0 Å². The largest absolute Gasteiger partial charge is 0.479 e. The van der Waals surface area contributed by atoms with Crippen LogP contribution in [0.4, 0.5) is 0 Å². The highest BCUT2D eigenvalue weighted by Crippen LogP contribution is 2.35. The molecule has 2 aromatic rings. The number of carboxylic acids is 1. The summed E-state index contributed by atoms with van der Waals surface area (Å²) in [6, 6.07) is 3.66. The maximum Gasteiger partial charge on any atom is 0.370 e. The van der Waals surface area contributed by atoms with Crippen molar-refractivity contribution in [3.05, 3.63) is 39.2 Å². The van der Waals surface area contributed by atoms with Crippen LogP contribution in [0.25, 0.3) is 10.9 Å². The second-order valence-corrected chi connectivity index (χ2v) is 9.43. The van der Waals surface area contributed by atoms with Gasteiger partial charge in [-0.3, -0.25) is 0 Å². The first-order valence-corrected chi connectivity index (χ1v) is 11.4. The highest BCUT2D eigenvalue weighted by molar-refractivity contribution is 9.10. The zero-order valence-corrected chi connectivity index (χ0v) is 20.2. The van der Waals surface area contributed by atoms with Gasteiger partial charge < -0.3 is 30.5 Å². The monoisotopic (exact) mass is 542 g/mol. The van der Waals surface area contributed by atoms with Crippen molar-refractivity contribution in [2.24, 2.45) is 5.92 Å². The molecule has 0 bridgehead atoms. The molecule has 1 aromatic heterocycles. The lowest BCUT2D eigenvalue weighted by Crippen LogP contribution is -2.58.